The molecule has 1 fully saturated rings. The van der Waals surface area contributed by atoms with Crippen LogP contribution < -0.4 is 14.2 Å². The zero-order chi connectivity index (χ0) is 20.1. The van der Waals surface area contributed by atoms with Gasteiger partial charge in [0.2, 0.25) is 21.8 Å². The number of hydrogen-bond donors (Lipinski definition) is 1. The van der Waals surface area contributed by atoms with Crippen LogP contribution in [0.25, 0.3) is 0 Å². The second-order valence-electron chi connectivity index (χ2n) is 6.60. The molecule has 0 spiro atoms. The molecule has 0 aliphatic heterocycles. The number of nitrogens with one attached hydrogen (secondary N) is 1. The fraction of sp³-hybridized carbons (Fsp3) is 0.444. The third-order valence-corrected chi connectivity index (χ3v) is 5.84. The summed E-state index contributed by atoms with van der Waals surface area (Å²) >= 11 is 0. The maximum absolute atomic E-state index is 13.7. The molecule has 1 aromatic heterocycles. The molecule has 28 heavy (non-hydrogen) atoms. The average Bonchev–Trinajstić information content (AvgIpc) is 2.66. The Morgan fingerprint density at radius 1 is 1.14 bits per heavy atom. The van der Waals surface area contributed by atoms with Crippen molar-refractivity contribution in [3.05, 3.63) is 47.8 Å². The molecule has 2 aromatic rings. The summed E-state index contributed by atoms with van der Waals surface area (Å²) in [5.41, 5.74) is -0.193. The predicted molar refractivity (Wildman–Crippen MR) is 97.4 cm³/mol. The first kappa shape index (κ1) is 20.4. The Hall–Kier alpha value is -2.33. The maximum Gasteiger partial charge on any atom is 0.235 e. The fourth-order valence-corrected chi connectivity index (χ4v) is 4.57. The van der Waals surface area contributed by atoms with Gasteiger partial charge < -0.3 is 9.47 Å². The Morgan fingerprint density at radius 2 is 1.86 bits per heavy atom. The van der Waals surface area contributed by atoms with E-state index in [1.54, 1.807) is 0 Å². The summed E-state index contributed by atoms with van der Waals surface area (Å²) < 4.78 is 64.9. The number of rotatable bonds is 7. The first-order chi connectivity index (χ1) is 13.3. The molecular weight excluding hydrogens is 392 g/mol. The lowest BCUT2D eigenvalue weighted by Crippen LogP contribution is -2.40. The molecule has 1 aromatic carbocycles. The summed E-state index contributed by atoms with van der Waals surface area (Å²) in [5.74, 6) is -1.33. The number of ether oxygens (including phenoxy) is 2. The van der Waals surface area contributed by atoms with Crippen LogP contribution in [0, 0.1) is 11.6 Å². The molecule has 1 aliphatic carbocycles. The molecule has 1 saturated carbocycles. The van der Waals surface area contributed by atoms with Crippen LogP contribution in [0.2, 0.25) is 0 Å². The summed E-state index contributed by atoms with van der Waals surface area (Å²) in [6.45, 7) is 0. The smallest absolute Gasteiger partial charge is 0.235 e. The van der Waals surface area contributed by atoms with Gasteiger partial charge in [-0.15, -0.1) is 0 Å². The second kappa shape index (κ2) is 8.78. The predicted octanol–water partition coefficient (Wildman–Crippen LogP) is 2.57. The van der Waals surface area contributed by atoms with Crippen molar-refractivity contribution >= 4 is 10.0 Å². The van der Waals surface area contributed by atoms with E-state index in [1.165, 1.54) is 19.5 Å². The van der Waals surface area contributed by atoms with Gasteiger partial charge in [-0.1, -0.05) is 0 Å². The van der Waals surface area contributed by atoms with Crippen molar-refractivity contribution < 1.29 is 26.7 Å². The maximum atomic E-state index is 13.7. The molecule has 1 heterocycles. The van der Waals surface area contributed by atoms with E-state index in [4.69, 9.17) is 9.47 Å². The summed E-state index contributed by atoms with van der Waals surface area (Å²) in [5, 5.41) is 0. The van der Waals surface area contributed by atoms with Gasteiger partial charge in [0.15, 0.2) is 0 Å². The number of hydrogen-bond acceptors (Lipinski definition) is 6. The lowest BCUT2D eigenvalue weighted by molar-refractivity contribution is 0.136. The zero-order valence-electron chi connectivity index (χ0n) is 15.3. The summed E-state index contributed by atoms with van der Waals surface area (Å²) in [6, 6.07) is 2.49. The number of nitrogens with zero attached hydrogens (tertiary/aromatic N) is 2. The van der Waals surface area contributed by atoms with Crippen molar-refractivity contribution in [2.45, 2.75) is 43.6 Å². The zero-order valence-corrected chi connectivity index (χ0v) is 16.1. The fourth-order valence-electron chi connectivity index (χ4n) is 3.11. The molecule has 0 bridgehead atoms. The average molecular weight is 413 g/mol. The molecule has 7 nitrogen and oxygen atoms in total. The van der Waals surface area contributed by atoms with Crippen LogP contribution in [-0.4, -0.2) is 37.6 Å². The minimum absolute atomic E-state index is 0.108. The van der Waals surface area contributed by atoms with Crippen molar-refractivity contribution in [1.29, 1.82) is 0 Å². The quantitative estimate of drug-likeness (QED) is 0.750. The molecule has 0 saturated heterocycles. The minimum atomic E-state index is -3.80. The SMILES string of the molecule is COc1cncc(OC2CCC(NS(=O)(=O)Cc3cc(F)ccc3F)CC2)n1. The number of halogens is 2. The van der Waals surface area contributed by atoms with Gasteiger partial charge in [0.05, 0.1) is 25.3 Å². The lowest BCUT2D eigenvalue weighted by atomic mass is 9.94. The first-order valence-corrected chi connectivity index (χ1v) is 10.5. The van der Waals surface area contributed by atoms with Gasteiger partial charge >= 0.3 is 0 Å². The van der Waals surface area contributed by atoms with Crippen molar-refractivity contribution in [3.63, 3.8) is 0 Å². The molecule has 0 radical (unpaired) electrons. The van der Waals surface area contributed by atoms with Crippen LogP contribution in [0.15, 0.2) is 30.6 Å². The van der Waals surface area contributed by atoms with Gasteiger partial charge in [-0.25, -0.2) is 21.9 Å². The van der Waals surface area contributed by atoms with Crippen molar-refractivity contribution in [1.82, 2.24) is 14.7 Å². The highest BCUT2D eigenvalue weighted by Crippen LogP contribution is 2.24. The van der Waals surface area contributed by atoms with E-state index in [-0.39, 0.29) is 17.7 Å². The number of aromatic nitrogens is 2. The number of methoxy groups -OCH3 is 1. The van der Waals surface area contributed by atoms with Crippen LogP contribution in [0.3, 0.4) is 0 Å². The van der Waals surface area contributed by atoms with Gasteiger partial charge in [-0.3, -0.25) is 4.98 Å². The number of sulfonamides is 1. The normalized spacial score (nSPS) is 20.0. The van der Waals surface area contributed by atoms with E-state index in [2.05, 4.69) is 14.7 Å². The third kappa shape index (κ3) is 5.59. The minimum Gasteiger partial charge on any atom is -0.480 e. The van der Waals surface area contributed by atoms with E-state index in [9.17, 15) is 17.2 Å². The first-order valence-electron chi connectivity index (χ1n) is 8.81. The van der Waals surface area contributed by atoms with Gasteiger partial charge in [0.1, 0.15) is 17.7 Å². The largest absolute Gasteiger partial charge is 0.480 e. The van der Waals surface area contributed by atoms with E-state index >= 15 is 0 Å². The molecule has 1 N–H and O–H groups in total. The summed E-state index contributed by atoms with van der Waals surface area (Å²) in [4.78, 5) is 8.12. The number of benzene rings is 1. The molecule has 1 aliphatic rings. The van der Waals surface area contributed by atoms with Gasteiger partial charge in [0.25, 0.3) is 0 Å². The molecule has 10 heteroatoms. The van der Waals surface area contributed by atoms with Crippen LogP contribution in [-0.2, 0) is 15.8 Å². The molecule has 3 rings (SSSR count). The topological polar surface area (TPSA) is 90.4 Å². The molecule has 0 amide bonds. The molecule has 0 unspecified atom stereocenters. The monoisotopic (exact) mass is 413 g/mol. The highest BCUT2D eigenvalue weighted by Gasteiger charge is 2.27. The standard InChI is InChI=1S/C18H21F2N3O4S/c1-26-17-9-21-10-18(22-17)27-15-5-3-14(4-6-15)23-28(24,25)11-12-8-13(19)2-7-16(12)20/h2,7-10,14-15,23H,3-6,11H2,1H3. The van der Waals surface area contributed by atoms with Crippen LogP contribution >= 0.6 is 0 Å². The lowest BCUT2D eigenvalue weighted by Gasteiger charge is -2.29. The van der Waals surface area contributed by atoms with Gasteiger partial charge in [0, 0.05) is 11.6 Å². The molecule has 152 valence electrons. The van der Waals surface area contributed by atoms with E-state index < -0.39 is 27.4 Å². The Bertz CT molecular complexity index is 919. The Morgan fingerprint density at radius 3 is 2.57 bits per heavy atom. The van der Waals surface area contributed by atoms with Crippen molar-refractivity contribution in [2.24, 2.45) is 0 Å². The Labute approximate surface area is 162 Å². The van der Waals surface area contributed by atoms with E-state index in [0.717, 1.165) is 18.2 Å². The van der Waals surface area contributed by atoms with Crippen LogP contribution in [0.1, 0.15) is 31.2 Å². The van der Waals surface area contributed by atoms with Gasteiger partial charge in [-0.2, -0.15) is 4.98 Å². The van der Waals surface area contributed by atoms with Crippen LogP contribution in [0.4, 0.5) is 8.78 Å². The molecular formula is C18H21F2N3O4S. The van der Waals surface area contributed by atoms with E-state index in [1.807, 2.05) is 0 Å². The summed E-state index contributed by atoms with van der Waals surface area (Å²) in [7, 11) is -2.31. The highest BCUT2D eigenvalue weighted by atomic mass is 32.2. The molecule has 0 atom stereocenters. The Balaban J connectivity index is 1.52. The van der Waals surface area contributed by atoms with Crippen LogP contribution in [0.5, 0.6) is 11.8 Å². The van der Waals surface area contributed by atoms with Crippen molar-refractivity contribution in [2.75, 3.05) is 7.11 Å². The van der Waals surface area contributed by atoms with E-state index in [0.29, 0.717) is 37.4 Å². The van der Waals surface area contributed by atoms with Crippen molar-refractivity contribution in [3.8, 4) is 11.8 Å². The Kier molecular flexibility index (Phi) is 6.40. The van der Waals surface area contributed by atoms with Gasteiger partial charge in [-0.05, 0) is 43.9 Å². The summed E-state index contributed by atoms with van der Waals surface area (Å²) in [6.07, 6.45) is 5.23. The second-order valence-corrected chi connectivity index (χ2v) is 8.36. The highest BCUT2D eigenvalue weighted by molar-refractivity contribution is 7.88. The third-order valence-electron chi connectivity index (χ3n) is 4.46.